The van der Waals surface area contributed by atoms with Crippen LogP contribution in [0.1, 0.15) is 39.2 Å². The number of rotatable bonds is 8. The van der Waals surface area contributed by atoms with Crippen LogP contribution in [0, 0.1) is 0 Å². The topological polar surface area (TPSA) is 55.8 Å². The molecule has 0 saturated heterocycles. The molecule has 0 unspecified atom stereocenters. The molecule has 0 fully saturated rings. The Morgan fingerprint density at radius 1 is 1.22 bits per heavy atom. The van der Waals surface area contributed by atoms with E-state index in [1.54, 1.807) is 13.0 Å². The molecule has 0 aromatic heterocycles. The molecule has 1 aromatic rings. The van der Waals surface area contributed by atoms with Crippen LogP contribution in [0.2, 0.25) is 0 Å². The summed E-state index contributed by atoms with van der Waals surface area (Å²) in [5, 5.41) is 9.74. The van der Waals surface area contributed by atoms with Crippen molar-refractivity contribution in [2.75, 3.05) is 6.61 Å². The molecule has 0 saturated carbocycles. The minimum atomic E-state index is -0.282. The maximum absolute atomic E-state index is 11.7. The lowest BCUT2D eigenvalue weighted by Crippen LogP contribution is -2.09. The molecule has 0 bridgehead atoms. The van der Waals surface area contributed by atoms with Crippen LogP contribution < -0.4 is 4.74 Å². The normalized spacial score (nSPS) is 12.6. The summed E-state index contributed by atoms with van der Waals surface area (Å²) in [5.41, 5.74) is 0.769. The number of ether oxygens (including phenoxy) is 2. The van der Waals surface area contributed by atoms with E-state index in [-0.39, 0.29) is 18.1 Å². The summed E-state index contributed by atoms with van der Waals surface area (Å²) in [4.78, 5) is 11.7. The summed E-state index contributed by atoms with van der Waals surface area (Å²) in [5.74, 6) is 1.28. The maximum atomic E-state index is 11.7. The summed E-state index contributed by atoms with van der Waals surface area (Å²) in [6.45, 7) is 5.97. The van der Waals surface area contributed by atoms with Gasteiger partial charge < -0.3 is 14.6 Å². The van der Waals surface area contributed by atoms with E-state index in [0.717, 1.165) is 5.56 Å². The van der Waals surface area contributed by atoms with Crippen LogP contribution in [0.25, 0.3) is 0 Å². The molecule has 0 aliphatic carbocycles. The molecule has 0 spiro atoms. The van der Waals surface area contributed by atoms with Crippen LogP contribution in [-0.2, 0) is 16.0 Å². The average molecular weight is 383 g/mol. The van der Waals surface area contributed by atoms with Gasteiger partial charge in [-0.25, -0.2) is 0 Å². The standard InChI is InChI=1S/C18H23BrO4/c1-4-14(12-15(19)16(20)5-2)23-17-10-8-7-9-13(17)11-18(21)22-6-3/h7-10,12,20H,4-6,11H2,1-3H3/b14-12+,16-15-. The van der Waals surface area contributed by atoms with Crippen molar-refractivity contribution in [1.82, 2.24) is 0 Å². The zero-order chi connectivity index (χ0) is 17.2. The number of halogens is 1. The number of allylic oxidation sites excluding steroid dienone is 4. The highest BCUT2D eigenvalue weighted by Gasteiger charge is 2.11. The largest absolute Gasteiger partial charge is 0.511 e. The Kier molecular flexibility index (Phi) is 8.48. The summed E-state index contributed by atoms with van der Waals surface area (Å²) in [6.07, 6.45) is 3.10. The summed E-state index contributed by atoms with van der Waals surface area (Å²) in [7, 11) is 0. The van der Waals surface area contributed by atoms with Crippen molar-refractivity contribution in [2.24, 2.45) is 0 Å². The van der Waals surface area contributed by atoms with Gasteiger partial charge in [0.25, 0.3) is 0 Å². The van der Waals surface area contributed by atoms with Gasteiger partial charge in [-0.15, -0.1) is 0 Å². The van der Waals surface area contributed by atoms with Crippen LogP contribution in [0.15, 0.2) is 46.3 Å². The van der Waals surface area contributed by atoms with Gasteiger partial charge in [0.05, 0.1) is 17.5 Å². The summed E-state index contributed by atoms with van der Waals surface area (Å²) in [6, 6.07) is 7.37. The van der Waals surface area contributed by atoms with Gasteiger partial charge in [0.1, 0.15) is 17.3 Å². The van der Waals surface area contributed by atoms with E-state index in [1.807, 2.05) is 38.1 Å². The number of carbonyl (C=O) groups is 1. The molecule has 0 amide bonds. The van der Waals surface area contributed by atoms with Crippen LogP contribution >= 0.6 is 15.9 Å². The van der Waals surface area contributed by atoms with E-state index in [0.29, 0.717) is 35.4 Å². The zero-order valence-electron chi connectivity index (χ0n) is 13.8. The Hall–Kier alpha value is -1.75. The summed E-state index contributed by atoms with van der Waals surface area (Å²) >= 11 is 3.34. The van der Waals surface area contributed by atoms with Crippen molar-refractivity contribution >= 4 is 21.9 Å². The molecule has 23 heavy (non-hydrogen) atoms. The van der Waals surface area contributed by atoms with E-state index < -0.39 is 0 Å². The number of aliphatic hydroxyl groups excluding tert-OH is 1. The van der Waals surface area contributed by atoms with Crippen LogP contribution in [0.4, 0.5) is 0 Å². The van der Waals surface area contributed by atoms with Gasteiger partial charge in [-0.05, 0) is 35.0 Å². The van der Waals surface area contributed by atoms with Gasteiger partial charge in [0.2, 0.25) is 0 Å². The fourth-order valence-corrected chi connectivity index (χ4v) is 2.39. The van der Waals surface area contributed by atoms with E-state index >= 15 is 0 Å². The van der Waals surface area contributed by atoms with Crippen molar-refractivity contribution in [2.45, 2.75) is 40.0 Å². The van der Waals surface area contributed by atoms with Crippen molar-refractivity contribution in [3.63, 3.8) is 0 Å². The molecule has 126 valence electrons. The second-order valence-corrected chi connectivity index (χ2v) is 5.66. The number of hydrogen-bond donors (Lipinski definition) is 1. The zero-order valence-corrected chi connectivity index (χ0v) is 15.4. The average Bonchev–Trinajstić information content (AvgIpc) is 2.55. The van der Waals surface area contributed by atoms with Gasteiger partial charge in [-0.1, -0.05) is 32.0 Å². The van der Waals surface area contributed by atoms with Crippen molar-refractivity contribution < 1.29 is 19.4 Å². The van der Waals surface area contributed by atoms with Crippen molar-refractivity contribution in [1.29, 1.82) is 0 Å². The Morgan fingerprint density at radius 2 is 1.91 bits per heavy atom. The van der Waals surface area contributed by atoms with Gasteiger partial charge in [0.15, 0.2) is 0 Å². The highest BCUT2D eigenvalue weighted by atomic mass is 79.9. The maximum Gasteiger partial charge on any atom is 0.310 e. The fourth-order valence-electron chi connectivity index (χ4n) is 1.86. The van der Waals surface area contributed by atoms with Crippen molar-refractivity contribution in [3.05, 3.63) is 51.9 Å². The predicted molar refractivity (Wildman–Crippen MR) is 94.7 cm³/mol. The first kappa shape index (κ1) is 19.3. The van der Waals surface area contributed by atoms with E-state index in [1.165, 1.54) is 0 Å². The van der Waals surface area contributed by atoms with E-state index in [2.05, 4.69) is 15.9 Å². The van der Waals surface area contributed by atoms with Crippen molar-refractivity contribution in [3.8, 4) is 5.75 Å². The molecule has 0 aliphatic rings. The SMILES string of the molecule is CCOC(=O)Cc1ccccc1O/C(=C/C(Br)=C(/O)CC)CC. The second kappa shape index (κ2) is 10.1. The lowest BCUT2D eigenvalue weighted by Gasteiger charge is -2.13. The van der Waals surface area contributed by atoms with Crippen LogP contribution in [0.5, 0.6) is 5.75 Å². The highest BCUT2D eigenvalue weighted by Crippen LogP contribution is 2.24. The summed E-state index contributed by atoms with van der Waals surface area (Å²) < 4.78 is 11.5. The fraction of sp³-hybridized carbons (Fsp3) is 0.389. The molecule has 1 aromatic carbocycles. The molecule has 0 aliphatic heterocycles. The smallest absolute Gasteiger partial charge is 0.310 e. The first-order chi connectivity index (χ1) is 11.0. The monoisotopic (exact) mass is 382 g/mol. The molecular weight excluding hydrogens is 360 g/mol. The van der Waals surface area contributed by atoms with Gasteiger partial charge in [0, 0.05) is 18.4 Å². The third-order valence-corrected chi connectivity index (χ3v) is 3.79. The highest BCUT2D eigenvalue weighted by molar-refractivity contribution is 9.11. The Balaban J connectivity index is 2.98. The van der Waals surface area contributed by atoms with Gasteiger partial charge in [-0.3, -0.25) is 4.79 Å². The first-order valence-corrected chi connectivity index (χ1v) is 8.50. The Bertz CT molecular complexity index is 590. The van der Waals surface area contributed by atoms with Gasteiger partial charge >= 0.3 is 5.97 Å². The Morgan fingerprint density at radius 3 is 2.52 bits per heavy atom. The molecule has 0 heterocycles. The molecular formula is C18H23BrO4. The minimum Gasteiger partial charge on any atom is -0.511 e. The molecule has 5 heteroatoms. The minimum absolute atomic E-state index is 0.165. The number of aliphatic hydroxyl groups is 1. The number of hydrogen-bond acceptors (Lipinski definition) is 4. The molecule has 1 rings (SSSR count). The molecule has 4 nitrogen and oxygen atoms in total. The second-order valence-electron chi connectivity index (χ2n) is 4.80. The number of benzene rings is 1. The molecule has 0 radical (unpaired) electrons. The lowest BCUT2D eigenvalue weighted by atomic mass is 10.1. The first-order valence-electron chi connectivity index (χ1n) is 7.71. The lowest BCUT2D eigenvalue weighted by molar-refractivity contribution is -0.142. The number of para-hydroxylation sites is 1. The Labute approximate surface area is 145 Å². The quantitative estimate of drug-likeness (QED) is 0.388. The predicted octanol–water partition coefficient (Wildman–Crippen LogP) is 5.04. The van der Waals surface area contributed by atoms with Gasteiger partial charge in [-0.2, -0.15) is 0 Å². The molecule has 0 atom stereocenters. The number of carbonyl (C=O) groups excluding carboxylic acids is 1. The third-order valence-electron chi connectivity index (χ3n) is 3.10. The number of esters is 1. The molecule has 1 N–H and O–H groups in total. The van der Waals surface area contributed by atoms with E-state index in [9.17, 15) is 9.90 Å². The van der Waals surface area contributed by atoms with Crippen LogP contribution in [0.3, 0.4) is 0 Å². The van der Waals surface area contributed by atoms with E-state index in [4.69, 9.17) is 9.47 Å². The third kappa shape index (κ3) is 6.48. The van der Waals surface area contributed by atoms with Crippen LogP contribution in [-0.4, -0.2) is 17.7 Å².